The minimum absolute atomic E-state index is 0.159. The van der Waals surface area contributed by atoms with Crippen LogP contribution in [0.4, 0.5) is 0 Å². The van der Waals surface area contributed by atoms with Crippen molar-refractivity contribution in [2.45, 2.75) is 24.7 Å². The van der Waals surface area contributed by atoms with E-state index >= 15 is 0 Å². The van der Waals surface area contributed by atoms with E-state index in [0.29, 0.717) is 16.0 Å². The third kappa shape index (κ3) is 4.28. The molecule has 0 bridgehead atoms. The molecular formula is C13H19BrO3S. The summed E-state index contributed by atoms with van der Waals surface area (Å²) in [7, 11) is -1.70. The molecule has 0 amide bonds. The zero-order valence-electron chi connectivity index (χ0n) is 10.7. The van der Waals surface area contributed by atoms with Gasteiger partial charge in [0.15, 0.2) is 9.84 Å². The number of hydrogen-bond acceptors (Lipinski definition) is 3. The molecule has 0 fully saturated rings. The zero-order chi connectivity index (χ0) is 13.6. The molecule has 1 atom stereocenters. The Labute approximate surface area is 118 Å². The SMILES string of the molecule is CCCC(CBr)CS(=O)(=O)c1cccc(OC)c1. The standard InChI is InChI=1S/C13H19BrO3S/c1-3-5-11(9-14)10-18(15,16)13-7-4-6-12(8-13)17-2/h4,6-8,11H,3,5,9-10H2,1-2H3. The predicted octanol–water partition coefficient (Wildman–Crippen LogP) is 3.28. The maximum Gasteiger partial charge on any atom is 0.178 e. The molecule has 0 aliphatic carbocycles. The number of halogens is 1. The van der Waals surface area contributed by atoms with Gasteiger partial charge in [-0.05, 0) is 30.5 Å². The summed E-state index contributed by atoms with van der Waals surface area (Å²) in [6, 6.07) is 6.64. The highest BCUT2D eigenvalue weighted by atomic mass is 79.9. The lowest BCUT2D eigenvalue weighted by atomic mass is 10.1. The number of methoxy groups -OCH3 is 1. The molecule has 0 N–H and O–H groups in total. The first-order valence-corrected chi connectivity index (χ1v) is 8.73. The molecule has 0 saturated carbocycles. The van der Waals surface area contributed by atoms with Gasteiger partial charge in [-0.1, -0.05) is 35.3 Å². The van der Waals surface area contributed by atoms with E-state index in [0.717, 1.165) is 12.8 Å². The summed E-state index contributed by atoms with van der Waals surface area (Å²) in [5.74, 6) is 0.910. The van der Waals surface area contributed by atoms with Crippen molar-refractivity contribution < 1.29 is 13.2 Å². The highest BCUT2D eigenvalue weighted by molar-refractivity contribution is 9.09. The molecule has 0 heterocycles. The molecular weight excluding hydrogens is 316 g/mol. The van der Waals surface area contributed by atoms with Crippen molar-refractivity contribution in [3.8, 4) is 5.75 Å². The Kier molecular flexibility index (Phi) is 6.15. The number of benzene rings is 1. The summed E-state index contributed by atoms with van der Waals surface area (Å²) in [6.45, 7) is 2.06. The van der Waals surface area contributed by atoms with Crippen LogP contribution in [0.2, 0.25) is 0 Å². The van der Waals surface area contributed by atoms with E-state index in [9.17, 15) is 8.42 Å². The molecule has 102 valence electrons. The van der Waals surface area contributed by atoms with Gasteiger partial charge in [-0.2, -0.15) is 0 Å². The lowest BCUT2D eigenvalue weighted by molar-refractivity contribution is 0.413. The topological polar surface area (TPSA) is 43.4 Å². The van der Waals surface area contributed by atoms with Crippen LogP contribution in [-0.4, -0.2) is 26.6 Å². The number of sulfone groups is 1. The molecule has 0 saturated heterocycles. The quantitative estimate of drug-likeness (QED) is 0.718. The second-order valence-electron chi connectivity index (χ2n) is 4.27. The molecule has 1 rings (SSSR count). The van der Waals surface area contributed by atoms with E-state index < -0.39 is 9.84 Å². The maximum absolute atomic E-state index is 12.3. The maximum atomic E-state index is 12.3. The molecule has 0 aromatic heterocycles. The Balaban J connectivity index is 2.91. The molecule has 0 spiro atoms. The van der Waals surface area contributed by atoms with E-state index in [1.54, 1.807) is 24.3 Å². The smallest absolute Gasteiger partial charge is 0.178 e. The van der Waals surface area contributed by atoms with Gasteiger partial charge in [0.2, 0.25) is 0 Å². The Morgan fingerprint density at radius 1 is 1.39 bits per heavy atom. The third-order valence-corrected chi connectivity index (χ3v) is 5.57. The third-order valence-electron chi connectivity index (χ3n) is 2.77. The van der Waals surface area contributed by atoms with Crippen molar-refractivity contribution in [2.24, 2.45) is 5.92 Å². The summed E-state index contributed by atoms with van der Waals surface area (Å²) in [5.41, 5.74) is 0. The average Bonchev–Trinajstić information content (AvgIpc) is 2.38. The van der Waals surface area contributed by atoms with Gasteiger partial charge in [0, 0.05) is 5.33 Å². The van der Waals surface area contributed by atoms with Crippen LogP contribution in [-0.2, 0) is 9.84 Å². The Bertz CT molecular complexity index is 471. The van der Waals surface area contributed by atoms with E-state index in [1.165, 1.54) is 7.11 Å². The molecule has 18 heavy (non-hydrogen) atoms. The van der Waals surface area contributed by atoms with Crippen LogP contribution < -0.4 is 4.74 Å². The largest absolute Gasteiger partial charge is 0.497 e. The number of alkyl halides is 1. The fraction of sp³-hybridized carbons (Fsp3) is 0.538. The molecule has 3 nitrogen and oxygen atoms in total. The molecule has 5 heteroatoms. The van der Waals surface area contributed by atoms with Gasteiger partial charge in [0.25, 0.3) is 0 Å². The van der Waals surface area contributed by atoms with Crippen molar-refractivity contribution in [1.82, 2.24) is 0 Å². The van der Waals surface area contributed by atoms with Crippen LogP contribution in [0.5, 0.6) is 5.75 Å². The van der Waals surface area contributed by atoms with Gasteiger partial charge in [-0.15, -0.1) is 0 Å². The molecule has 1 aromatic rings. The van der Waals surface area contributed by atoms with Gasteiger partial charge in [-0.3, -0.25) is 0 Å². The fourth-order valence-electron chi connectivity index (χ4n) is 1.81. The van der Waals surface area contributed by atoms with E-state index in [4.69, 9.17) is 4.74 Å². The van der Waals surface area contributed by atoms with Crippen LogP contribution >= 0.6 is 15.9 Å². The fourth-order valence-corrected chi connectivity index (χ4v) is 4.35. The number of rotatable bonds is 7. The monoisotopic (exact) mass is 334 g/mol. The van der Waals surface area contributed by atoms with Gasteiger partial charge in [-0.25, -0.2) is 8.42 Å². The Morgan fingerprint density at radius 3 is 2.67 bits per heavy atom. The van der Waals surface area contributed by atoms with Gasteiger partial charge in [0.05, 0.1) is 17.8 Å². The van der Waals surface area contributed by atoms with Gasteiger partial charge < -0.3 is 4.74 Å². The Hall–Kier alpha value is -0.550. The second kappa shape index (κ2) is 7.14. The highest BCUT2D eigenvalue weighted by Gasteiger charge is 2.20. The lowest BCUT2D eigenvalue weighted by Gasteiger charge is -2.13. The average molecular weight is 335 g/mol. The number of hydrogen-bond donors (Lipinski definition) is 0. The van der Waals surface area contributed by atoms with Crippen LogP contribution in [0.1, 0.15) is 19.8 Å². The van der Waals surface area contributed by atoms with Crippen LogP contribution in [0.15, 0.2) is 29.2 Å². The predicted molar refractivity (Wildman–Crippen MR) is 77.2 cm³/mol. The minimum Gasteiger partial charge on any atom is -0.497 e. The highest BCUT2D eigenvalue weighted by Crippen LogP contribution is 2.22. The van der Waals surface area contributed by atoms with Crippen molar-refractivity contribution in [1.29, 1.82) is 0 Å². The van der Waals surface area contributed by atoms with Crippen LogP contribution in [0, 0.1) is 5.92 Å². The normalized spacial score (nSPS) is 13.3. The lowest BCUT2D eigenvalue weighted by Crippen LogP contribution is -2.17. The van der Waals surface area contributed by atoms with Crippen molar-refractivity contribution in [3.63, 3.8) is 0 Å². The first-order valence-electron chi connectivity index (χ1n) is 5.96. The van der Waals surface area contributed by atoms with E-state index in [-0.39, 0.29) is 11.7 Å². The first kappa shape index (κ1) is 15.5. The summed E-state index contributed by atoms with van der Waals surface area (Å²) in [6.07, 6.45) is 1.90. The Morgan fingerprint density at radius 2 is 2.11 bits per heavy atom. The molecule has 1 unspecified atom stereocenters. The molecule has 0 radical (unpaired) electrons. The molecule has 0 aliphatic rings. The van der Waals surface area contributed by atoms with Crippen LogP contribution in [0.3, 0.4) is 0 Å². The van der Waals surface area contributed by atoms with Gasteiger partial charge >= 0.3 is 0 Å². The number of ether oxygens (including phenoxy) is 1. The summed E-state index contributed by atoms with van der Waals surface area (Å²) >= 11 is 3.38. The van der Waals surface area contributed by atoms with Crippen LogP contribution in [0.25, 0.3) is 0 Å². The minimum atomic E-state index is -3.24. The van der Waals surface area contributed by atoms with E-state index in [1.807, 2.05) is 0 Å². The summed E-state index contributed by atoms with van der Waals surface area (Å²) < 4.78 is 29.6. The van der Waals surface area contributed by atoms with E-state index in [2.05, 4.69) is 22.9 Å². The first-order chi connectivity index (χ1) is 8.53. The zero-order valence-corrected chi connectivity index (χ0v) is 13.1. The van der Waals surface area contributed by atoms with Gasteiger partial charge in [0.1, 0.15) is 5.75 Å². The molecule has 0 aliphatic heterocycles. The summed E-state index contributed by atoms with van der Waals surface area (Å²) in [5, 5.41) is 0.712. The van der Waals surface area contributed by atoms with Crippen molar-refractivity contribution >= 4 is 25.8 Å². The van der Waals surface area contributed by atoms with Crippen molar-refractivity contribution in [3.05, 3.63) is 24.3 Å². The second-order valence-corrected chi connectivity index (χ2v) is 6.95. The molecule has 1 aromatic carbocycles. The summed E-state index contributed by atoms with van der Waals surface area (Å²) in [4.78, 5) is 0.337. The van der Waals surface area contributed by atoms with Crippen molar-refractivity contribution in [2.75, 3.05) is 18.2 Å².